The Balaban J connectivity index is 1.88. The van der Waals surface area contributed by atoms with E-state index >= 15 is 0 Å². The second-order valence-electron chi connectivity index (χ2n) is 6.80. The third-order valence-electron chi connectivity index (χ3n) is 4.86. The van der Waals surface area contributed by atoms with Crippen LogP contribution in [0, 0.1) is 18.3 Å². The van der Waals surface area contributed by atoms with Crippen molar-refractivity contribution in [3.8, 4) is 17.5 Å². The molecule has 4 rings (SSSR count). The molecule has 0 N–H and O–H groups in total. The molecule has 0 aliphatic rings. The van der Waals surface area contributed by atoms with Crippen molar-refractivity contribution >= 4 is 11.0 Å². The summed E-state index contributed by atoms with van der Waals surface area (Å²) >= 11 is 0. The molecule has 0 saturated heterocycles. The van der Waals surface area contributed by atoms with E-state index < -0.39 is 11.2 Å². The van der Waals surface area contributed by atoms with E-state index in [9.17, 15) is 14.9 Å². The van der Waals surface area contributed by atoms with Gasteiger partial charge in [0.15, 0.2) is 11.5 Å². The highest BCUT2D eigenvalue weighted by Gasteiger charge is 2.15. The van der Waals surface area contributed by atoms with Gasteiger partial charge in [-0.05, 0) is 18.6 Å². The first kappa shape index (κ1) is 18.3. The Morgan fingerprint density at radius 3 is 2.52 bits per heavy atom. The van der Waals surface area contributed by atoms with Gasteiger partial charge >= 0.3 is 5.69 Å². The van der Waals surface area contributed by atoms with E-state index in [-0.39, 0.29) is 17.6 Å². The predicted octanol–water partition coefficient (Wildman–Crippen LogP) is 2.39. The second kappa shape index (κ2) is 7.17. The summed E-state index contributed by atoms with van der Waals surface area (Å²) in [4.78, 5) is 34.7. The van der Waals surface area contributed by atoms with Gasteiger partial charge in [-0.3, -0.25) is 13.9 Å². The van der Waals surface area contributed by atoms with Crippen LogP contribution in [-0.2, 0) is 13.6 Å². The molecule has 0 radical (unpaired) electrons. The van der Waals surface area contributed by atoms with Gasteiger partial charge in [-0.15, -0.1) is 0 Å². The van der Waals surface area contributed by atoms with Gasteiger partial charge in [-0.25, -0.2) is 14.8 Å². The number of hydrogen-bond acceptors (Lipinski definition) is 5. The Bertz CT molecular complexity index is 1390. The standard InChI is InChI=1S/C22H17N5O2/c1-14-7-9-15(10-8-14)19-24-12-18-20(25-19)26(2)22(29)27(21(18)28)13-17-6-4-3-5-16(17)11-23/h3-10,12H,13H2,1-2H3. The molecule has 0 spiro atoms. The van der Waals surface area contributed by atoms with Crippen LogP contribution in [0.5, 0.6) is 0 Å². The lowest BCUT2D eigenvalue weighted by molar-refractivity contribution is 0.655. The van der Waals surface area contributed by atoms with Gasteiger partial charge in [0, 0.05) is 18.8 Å². The summed E-state index contributed by atoms with van der Waals surface area (Å²) in [5.41, 5.74) is 2.24. The molecule has 142 valence electrons. The van der Waals surface area contributed by atoms with E-state index in [1.54, 1.807) is 31.3 Å². The maximum absolute atomic E-state index is 13.0. The van der Waals surface area contributed by atoms with Gasteiger partial charge in [-0.2, -0.15) is 5.26 Å². The lowest BCUT2D eigenvalue weighted by Gasteiger charge is -2.11. The highest BCUT2D eigenvalue weighted by atomic mass is 16.2. The summed E-state index contributed by atoms with van der Waals surface area (Å²) in [7, 11) is 1.57. The molecule has 29 heavy (non-hydrogen) atoms. The van der Waals surface area contributed by atoms with Crippen molar-refractivity contribution in [2.75, 3.05) is 0 Å². The smallest absolute Gasteiger partial charge is 0.280 e. The first-order valence-electron chi connectivity index (χ1n) is 9.01. The number of benzene rings is 2. The van der Waals surface area contributed by atoms with Crippen molar-refractivity contribution in [1.29, 1.82) is 5.26 Å². The van der Waals surface area contributed by atoms with Gasteiger partial charge in [0.1, 0.15) is 5.39 Å². The molecule has 2 heterocycles. The molecule has 2 aromatic carbocycles. The number of aromatic nitrogens is 4. The lowest BCUT2D eigenvalue weighted by atomic mass is 10.1. The van der Waals surface area contributed by atoms with Crippen molar-refractivity contribution < 1.29 is 0 Å². The van der Waals surface area contributed by atoms with E-state index in [0.29, 0.717) is 17.0 Å². The minimum absolute atomic E-state index is 0.00485. The molecule has 0 atom stereocenters. The summed E-state index contributed by atoms with van der Waals surface area (Å²) in [6, 6.07) is 16.7. The van der Waals surface area contributed by atoms with Crippen LogP contribution in [0.25, 0.3) is 22.4 Å². The van der Waals surface area contributed by atoms with Crippen LogP contribution >= 0.6 is 0 Å². The highest BCUT2D eigenvalue weighted by Crippen LogP contribution is 2.17. The first-order valence-corrected chi connectivity index (χ1v) is 9.01. The van der Waals surface area contributed by atoms with E-state index in [1.165, 1.54) is 10.8 Å². The Morgan fingerprint density at radius 2 is 1.79 bits per heavy atom. The van der Waals surface area contributed by atoms with Crippen molar-refractivity contribution in [1.82, 2.24) is 19.1 Å². The number of fused-ring (bicyclic) bond motifs is 1. The molecule has 2 aromatic heterocycles. The van der Waals surface area contributed by atoms with Crippen LogP contribution in [-0.4, -0.2) is 19.1 Å². The molecule has 7 nitrogen and oxygen atoms in total. The van der Waals surface area contributed by atoms with Crippen LogP contribution in [0.1, 0.15) is 16.7 Å². The van der Waals surface area contributed by atoms with Crippen LogP contribution in [0.3, 0.4) is 0 Å². The maximum Gasteiger partial charge on any atom is 0.332 e. The number of nitrogens with zero attached hydrogens (tertiary/aromatic N) is 5. The largest absolute Gasteiger partial charge is 0.332 e. The lowest BCUT2D eigenvalue weighted by Crippen LogP contribution is -2.39. The zero-order valence-corrected chi connectivity index (χ0v) is 16.0. The van der Waals surface area contributed by atoms with Crippen LogP contribution in [0.15, 0.2) is 64.3 Å². The van der Waals surface area contributed by atoms with Gasteiger partial charge in [0.2, 0.25) is 0 Å². The molecule has 7 heteroatoms. The maximum atomic E-state index is 13.0. The van der Waals surface area contributed by atoms with E-state index in [0.717, 1.165) is 15.7 Å². The fourth-order valence-corrected chi connectivity index (χ4v) is 3.20. The molecule has 0 saturated carbocycles. The molecule has 4 aromatic rings. The number of hydrogen-bond donors (Lipinski definition) is 0. The second-order valence-corrected chi connectivity index (χ2v) is 6.80. The zero-order valence-electron chi connectivity index (χ0n) is 16.0. The Kier molecular flexibility index (Phi) is 4.53. The normalized spacial score (nSPS) is 10.8. The Labute approximate surface area is 166 Å². The molecule has 0 aliphatic carbocycles. The molecule has 0 bridgehead atoms. The molecule has 0 amide bonds. The van der Waals surface area contributed by atoms with E-state index in [4.69, 9.17) is 0 Å². The Morgan fingerprint density at radius 1 is 1.07 bits per heavy atom. The zero-order chi connectivity index (χ0) is 20.5. The first-order chi connectivity index (χ1) is 14.0. The van der Waals surface area contributed by atoms with Crippen molar-refractivity contribution in [3.63, 3.8) is 0 Å². The third-order valence-corrected chi connectivity index (χ3v) is 4.86. The highest BCUT2D eigenvalue weighted by molar-refractivity contribution is 5.75. The summed E-state index contributed by atoms with van der Waals surface area (Å²) in [6.07, 6.45) is 1.45. The molecular formula is C22H17N5O2. The molecular weight excluding hydrogens is 366 g/mol. The number of nitriles is 1. The van der Waals surface area contributed by atoms with E-state index in [2.05, 4.69) is 16.0 Å². The van der Waals surface area contributed by atoms with E-state index in [1.807, 2.05) is 31.2 Å². The average molecular weight is 383 g/mol. The molecule has 0 unspecified atom stereocenters. The number of aryl methyl sites for hydroxylation is 2. The van der Waals surface area contributed by atoms with Crippen LogP contribution in [0.2, 0.25) is 0 Å². The SMILES string of the molecule is Cc1ccc(-c2ncc3c(=O)n(Cc4ccccc4C#N)c(=O)n(C)c3n2)cc1. The van der Waals surface area contributed by atoms with Gasteiger partial charge in [-0.1, -0.05) is 48.0 Å². The van der Waals surface area contributed by atoms with Crippen molar-refractivity contribution in [2.45, 2.75) is 13.5 Å². The predicted molar refractivity (Wildman–Crippen MR) is 109 cm³/mol. The summed E-state index contributed by atoms with van der Waals surface area (Å²) < 4.78 is 2.44. The topological polar surface area (TPSA) is 93.6 Å². The van der Waals surface area contributed by atoms with Gasteiger partial charge in [0.05, 0.1) is 18.2 Å². The fraction of sp³-hybridized carbons (Fsp3) is 0.136. The monoisotopic (exact) mass is 383 g/mol. The fourth-order valence-electron chi connectivity index (χ4n) is 3.20. The molecule has 0 fully saturated rings. The Hall–Kier alpha value is -4.05. The van der Waals surface area contributed by atoms with Crippen molar-refractivity contribution in [2.24, 2.45) is 7.05 Å². The van der Waals surface area contributed by atoms with Crippen LogP contribution < -0.4 is 11.2 Å². The van der Waals surface area contributed by atoms with Crippen molar-refractivity contribution in [3.05, 3.63) is 92.3 Å². The average Bonchev–Trinajstić information content (AvgIpc) is 2.75. The summed E-state index contributed by atoms with van der Waals surface area (Å²) in [5, 5.41) is 9.52. The van der Waals surface area contributed by atoms with Crippen LogP contribution in [0.4, 0.5) is 0 Å². The minimum atomic E-state index is -0.496. The summed E-state index contributed by atoms with van der Waals surface area (Å²) in [5.74, 6) is 0.444. The minimum Gasteiger partial charge on any atom is -0.280 e. The van der Waals surface area contributed by atoms with Gasteiger partial charge in [0.25, 0.3) is 5.56 Å². The third kappa shape index (κ3) is 3.21. The quantitative estimate of drug-likeness (QED) is 0.541. The summed E-state index contributed by atoms with van der Waals surface area (Å²) in [6.45, 7) is 1.99. The number of rotatable bonds is 3. The van der Waals surface area contributed by atoms with Gasteiger partial charge < -0.3 is 0 Å². The molecule has 0 aliphatic heterocycles.